The number of rotatable bonds is 2. The fourth-order valence-electron chi connectivity index (χ4n) is 0.653. The van der Waals surface area contributed by atoms with Crippen molar-refractivity contribution in [2.45, 2.75) is 19.3 Å². The molecule has 0 saturated heterocycles. The van der Waals surface area contributed by atoms with Crippen molar-refractivity contribution >= 4 is 12.2 Å². The number of carbonyl (C=O) groups is 1. The van der Waals surface area contributed by atoms with Gasteiger partial charge in [-0.3, -0.25) is 0 Å². The molecule has 0 fully saturated rings. The summed E-state index contributed by atoms with van der Waals surface area (Å²) in [5, 5.41) is 3.63. The summed E-state index contributed by atoms with van der Waals surface area (Å²) in [6.45, 7) is 3.49. The number of aldehydes is 1. The molecule has 1 aromatic heterocycles. The predicted octanol–water partition coefficient (Wildman–Crippen LogP) is 0.733. The van der Waals surface area contributed by atoms with E-state index in [9.17, 15) is 4.79 Å². The smallest absolute Gasteiger partial charge is 0.222 e. The van der Waals surface area contributed by atoms with Crippen molar-refractivity contribution in [3.63, 3.8) is 0 Å². The maximum atomic E-state index is 10.5. The van der Waals surface area contributed by atoms with Gasteiger partial charge in [0.15, 0.2) is 0 Å². The monoisotopic (exact) mass is 154 g/mol. The van der Waals surface area contributed by atoms with Crippen LogP contribution in [-0.4, -0.2) is 11.4 Å². The molecule has 0 atom stereocenters. The molecule has 1 heterocycles. The quantitative estimate of drug-likeness (QED) is 0.637. The highest BCUT2D eigenvalue weighted by Gasteiger charge is 2.23. The molecular formula is C7H10N2O2. The Bertz CT molecular complexity index is 265. The molecule has 0 saturated carbocycles. The van der Waals surface area contributed by atoms with Gasteiger partial charge < -0.3 is 15.1 Å². The topological polar surface area (TPSA) is 69.1 Å². The predicted molar refractivity (Wildman–Crippen MR) is 40.0 cm³/mol. The van der Waals surface area contributed by atoms with E-state index in [2.05, 4.69) is 9.68 Å². The third-order valence-electron chi connectivity index (χ3n) is 1.48. The molecule has 1 aromatic rings. The zero-order valence-electron chi connectivity index (χ0n) is 6.50. The molecule has 0 spiro atoms. The third-order valence-corrected chi connectivity index (χ3v) is 1.48. The minimum absolute atomic E-state index is 0.231. The molecule has 0 aliphatic heterocycles. The third kappa shape index (κ3) is 1.39. The van der Waals surface area contributed by atoms with Crippen LogP contribution >= 0.6 is 0 Å². The van der Waals surface area contributed by atoms with Crippen LogP contribution in [-0.2, 0) is 10.2 Å². The molecular weight excluding hydrogens is 144 g/mol. The van der Waals surface area contributed by atoms with Crippen LogP contribution in [0.4, 0.5) is 5.88 Å². The van der Waals surface area contributed by atoms with Crippen LogP contribution in [0.15, 0.2) is 10.6 Å². The Balaban J connectivity index is 3.01. The lowest BCUT2D eigenvalue weighted by Crippen LogP contribution is -2.18. The van der Waals surface area contributed by atoms with Gasteiger partial charge in [0.05, 0.1) is 11.1 Å². The number of nitrogen functional groups attached to an aromatic ring is 1. The Labute approximate surface area is 64.4 Å². The highest BCUT2D eigenvalue weighted by atomic mass is 16.5. The second-order valence-corrected chi connectivity index (χ2v) is 2.95. The first kappa shape index (κ1) is 7.78. The molecule has 60 valence electrons. The first-order chi connectivity index (χ1) is 5.06. The summed E-state index contributed by atoms with van der Waals surface area (Å²) in [7, 11) is 0. The molecule has 11 heavy (non-hydrogen) atoms. The minimum Gasteiger partial charge on any atom is -0.368 e. The van der Waals surface area contributed by atoms with Crippen molar-refractivity contribution in [1.29, 1.82) is 0 Å². The van der Waals surface area contributed by atoms with Crippen LogP contribution in [0, 0.1) is 0 Å². The van der Waals surface area contributed by atoms with E-state index in [1.165, 1.54) is 0 Å². The Morgan fingerprint density at radius 3 is 2.73 bits per heavy atom. The van der Waals surface area contributed by atoms with Gasteiger partial charge in [0.2, 0.25) is 5.88 Å². The Kier molecular flexibility index (Phi) is 1.68. The molecule has 0 aliphatic carbocycles. The molecule has 0 bridgehead atoms. The molecule has 0 amide bonds. The summed E-state index contributed by atoms with van der Waals surface area (Å²) in [5.41, 5.74) is 5.24. The van der Waals surface area contributed by atoms with Gasteiger partial charge in [0, 0.05) is 6.07 Å². The molecule has 0 aromatic carbocycles. The van der Waals surface area contributed by atoms with Crippen molar-refractivity contribution < 1.29 is 9.32 Å². The average Bonchev–Trinajstić information content (AvgIpc) is 2.36. The maximum Gasteiger partial charge on any atom is 0.222 e. The standard InChI is InChI=1S/C7H10N2O2/c1-7(2,4-10)5-3-6(8)11-9-5/h3-4H,8H2,1-2H3. The van der Waals surface area contributed by atoms with Crippen molar-refractivity contribution in [3.8, 4) is 0 Å². The first-order valence-corrected chi connectivity index (χ1v) is 3.25. The van der Waals surface area contributed by atoms with Crippen LogP contribution in [0.5, 0.6) is 0 Å². The highest BCUT2D eigenvalue weighted by molar-refractivity contribution is 5.66. The average molecular weight is 154 g/mol. The van der Waals surface area contributed by atoms with Crippen LogP contribution in [0.2, 0.25) is 0 Å². The number of aromatic nitrogens is 1. The molecule has 1 rings (SSSR count). The minimum atomic E-state index is -0.610. The lowest BCUT2D eigenvalue weighted by atomic mass is 9.92. The SMILES string of the molecule is CC(C)(C=O)c1cc(N)on1. The molecule has 0 aliphatic rings. The van der Waals surface area contributed by atoms with Gasteiger partial charge in [0.25, 0.3) is 0 Å². The van der Waals surface area contributed by atoms with E-state index in [0.29, 0.717) is 5.69 Å². The number of anilines is 1. The van der Waals surface area contributed by atoms with Gasteiger partial charge in [-0.05, 0) is 13.8 Å². The van der Waals surface area contributed by atoms with Crippen LogP contribution in [0.1, 0.15) is 19.5 Å². The van der Waals surface area contributed by atoms with Crippen LogP contribution < -0.4 is 5.73 Å². The number of hydrogen-bond acceptors (Lipinski definition) is 4. The van der Waals surface area contributed by atoms with Gasteiger partial charge in [0.1, 0.15) is 6.29 Å². The van der Waals surface area contributed by atoms with E-state index < -0.39 is 5.41 Å². The summed E-state index contributed by atoms with van der Waals surface area (Å²) in [5.74, 6) is 0.231. The van der Waals surface area contributed by atoms with E-state index in [1.54, 1.807) is 19.9 Å². The summed E-state index contributed by atoms with van der Waals surface area (Å²) in [6.07, 6.45) is 0.810. The summed E-state index contributed by atoms with van der Waals surface area (Å²) >= 11 is 0. The second kappa shape index (κ2) is 2.38. The van der Waals surface area contributed by atoms with Gasteiger partial charge in [-0.1, -0.05) is 5.16 Å². The largest absolute Gasteiger partial charge is 0.368 e. The van der Waals surface area contributed by atoms with Crippen LogP contribution in [0.25, 0.3) is 0 Å². The van der Waals surface area contributed by atoms with Crippen molar-refractivity contribution in [2.75, 3.05) is 5.73 Å². The Morgan fingerprint density at radius 1 is 1.73 bits per heavy atom. The normalized spacial score (nSPS) is 11.5. The zero-order chi connectivity index (χ0) is 8.48. The summed E-state index contributed by atoms with van der Waals surface area (Å²) < 4.78 is 4.62. The molecule has 4 nitrogen and oxygen atoms in total. The number of hydrogen-bond donors (Lipinski definition) is 1. The zero-order valence-corrected chi connectivity index (χ0v) is 6.50. The fraction of sp³-hybridized carbons (Fsp3) is 0.429. The van der Waals surface area contributed by atoms with E-state index in [1.807, 2.05) is 0 Å². The number of nitrogens with two attached hydrogens (primary N) is 1. The maximum absolute atomic E-state index is 10.5. The second-order valence-electron chi connectivity index (χ2n) is 2.95. The van der Waals surface area contributed by atoms with Gasteiger partial charge in [-0.15, -0.1) is 0 Å². The van der Waals surface area contributed by atoms with E-state index in [0.717, 1.165) is 6.29 Å². The lowest BCUT2D eigenvalue weighted by Gasteiger charge is -2.10. The molecule has 2 N–H and O–H groups in total. The number of carbonyl (C=O) groups excluding carboxylic acids is 1. The van der Waals surface area contributed by atoms with Crippen molar-refractivity contribution in [2.24, 2.45) is 0 Å². The van der Waals surface area contributed by atoms with Crippen molar-refractivity contribution in [3.05, 3.63) is 11.8 Å². The van der Waals surface area contributed by atoms with E-state index >= 15 is 0 Å². The Morgan fingerprint density at radius 2 is 2.36 bits per heavy atom. The molecule has 0 unspecified atom stereocenters. The number of nitrogens with zero attached hydrogens (tertiary/aromatic N) is 1. The van der Waals surface area contributed by atoms with Gasteiger partial charge in [-0.2, -0.15) is 0 Å². The highest BCUT2D eigenvalue weighted by Crippen LogP contribution is 2.20. The lowest BCUT2D eigenvalue weighted by molar-refractivity contribution is -0.111. The Hall–Kier alpha value is -1.32. The van der Waals surface area contributed by atoms with Gasteiger partial charge in [-0.25, -0.2) is 0 Å². The van der Waals surface area contributed by atoms with E-state index in [-0.39, 0.29) is 5.88 Å². The summed E-state index contributed by atoms with van der Waals surface area (Å²) in [4.78, 5) is 10.5. The van der Waals surface area contributed by atoms with Crippen molar-refractivity contribution in [1.82, 2.24) is 5.16 Å². The first-order valence-electron chi connectivity index (χ1n) is 3.25. The van der Waals surface area contributed by atoms with E-state index in [4.69, 9.17) is 5.73 Å². The van der Waals surface area contributed by atoms with Crippen LogP contribution in [0.3, 0.4) is 0 Å². The molecule has 4 heteroatoms. The van der Waals surface area contributed by atoms with Gasteiger partial charge >= 0.3 is 0 Å². The fourth-order valence-corrected chi connectivity index (χ4v) is 0.653. The molecule has 0 radical (unpaired) electrons. The summed E-state index contributed by atoms with van der Waals surface area (Å²) in [6, 6.07) is 1.55.